The van der Waals surface area contributed by atoms with Crippen molar-refractivity contribution in [2.45, 2.75) is 6.92 Å². The van der Waals surface area contributed by atoms with E-state index in [2.05, 4.69) is 4.99 Å². The molecule has 1 heterocycles. The van der Waals surface area contributed by atoms with Crippen LogP contribution in [0.5, 0.6) is 0 Å². The van der Waals surface area contributed by atoms with Crippen LogP contribution in [-0.2, 0) is 0 Å². The fourth-order valence-electron chi connectivity index (χ4n) is 0.701. The van der Waals surface area contributed by atoms with Crippen LogP contribution < -0.4 is 0 Å². The lowest BCUT2D eigenvalue weighted by molar-refractivity contribution is 0.704. The summed E-state index contributed by atoms with van der Waals surface area (Å²) in [5.74, 6) is 0. The monoisotopic (exact) mass is 126 g/mol. The van der Waals surface area contributed by atoms with Crippen molar-refractivity contribution < 1.29 is 0 Å². The van der Waals surface area contributed by atoms with Gasteiger partial charge in [0, 0.05) is 12.3 Å². The molecule has 0 saturated heterocycles. The van der Waals surface area contributed by atoms with Gasteiger partial charge in [-0.2, -0.15) is 0 Å². The smallest absolute Gasteiger partial charge is 0.227 e. The largest absolute Gasteiger partial charge is 0.419 e. The molecule has 0 aromatic carbocycles. The molecule has 0 aromatic heterocycles. The second kappa shape index (κ2) is 2.56. The summed E-state index contributed by atoms with van der Waals surface area (Å²) in [7, 11) is 16.2. The minimum absolute atomic E-state index is 0.267. The van der Waals surface area contributed by atoms with E-state index in [1.54, 1.807) is 0 Å². The normalized spacial score (nSPS) is 19.3. The van der Waals surface area contributed by atoms with E-state index in [-0.39, 0.29) is 5.73 Å². The zero-order chi connectivity index (χ0) is 7.72. The molecule has 10 heavy (non-hydrogen) atoms. The van der Waals surface area contributed by atoms with E-state index in [1.165, 1.54) is 4.81 Å². The van der Waals surface area contributed by atoms with Gasteiger partial charge in [-0.1, -0.05) is 0 Å². The maximum absolute atomic E-state index is 5.46. The average Bonchev–Trinajstić information content (AvgIpc) is 1.84. The minimum Gasteiger partial charge on any atom is -0.419 e. The molecule has 2 nitrogen and oxygen atoms in total. The zero-order valence-corrected chi connectivity index (χ0v) is 5.83. The Hall–Kier alpha value is -0.595. The predicted molar refractivity (Wildman–Crippen MR) is 44.1 cm³/mol. The number of hydrogen-bond acceptors (Lipinski definition) is 2. The summed E-state index contributed by atoms with van der Waals surface area (Å²) >= 11 is 0. The lowest BCUT2D eigenvalue weighted by atomic mass is 9.92. The van der Waals surface area contributed by atoms with Crippen LogP contribution in [0.3, 0.4) is 0 Å². The number of rotatable bonds is 0. The second-order valence-electron chi connectivity index (χ2n) is 2.26. The van der Waals surface area contributed by atoms with E-state index >= 15 is 0 Å². The van der Waals surface area contributed by atoms with Gasteiger partial charge < -0.3 is 4.81 Å². The Morgan fingerprint density at radius 3 is 2.60 bits per heavy atom. The van der Waals surface area contributed by atoms with Gasteiger partial charge in [-0.05, 0) is 18.1 Å². The summed E-state index contributed by atoms with van der Waals surface area (Å²) in [5.41, 5.74) is 1.68. The first kappa shape index (κ1) is 7.51. The molecule has 0 spiro atoms. The van der Waals surface area contributed by atoms with Crippen molar-refractivity contribution in [3.63, 3.8) is 0 Å². The highest BCUT2D eigenvalue weighted by molar-refractivity contribution is 6.62. The highest BCUT2D eigenvalue weighted by Crippen LogP contribution is 2.08. The Balaban J connectivity index is 2.88. The van der Waals surface area contributed by atoms with E-state index in [1.807, 2.05) is 6.92 Å². The SMILES string of the molecule is [B]C1=NC([B])=C(C)CN1[B]. The Labute approximate surface area is 64.6 Å². The maximum atomic E-state index is 5.46. The molecule has 1 rings (SSSR count). The van der Waals surface area contributed by atoms with Crippen LogP contribution in [0.4, 0.5) is 0 Å². The van der Waals surface area contributed by atoms with Gasteiger partial charge in [0.2, 0.25) is 7.98 Å². The van der Waals surface area contributed by atoms with Gasteiger partial charge in [0.05, 0.1) is 0 Å². The molecule has 0 atom stereocenters. The quantitative estimate of drug-likeness (QED) is 0.392. The highest BCUT2D eigenvalue weighted by atomic mass is 15.1. The topological polar surface area (TPSA) is 15.6 Å². The van der Waals surface area contributed by atoms with Gasteiger partial charge >= 0.3 is 0 Å². The van der Waals surface area contributed by atoms with Crippen molar-refractivity contribution in [3.8, 4) is 0 Å². The van der Waals surface area contributed by atoms with Gasteiger partial charge in [0.15, 0.2) is 7.85 Å². The van der Waals surface area contributed by atoms with Crippen LogP contribution in [0.2, 0.25) is 0 Å². The van der Waals surface area contributed by atoms with Crippen molar-refractivity contribution in [3.05, 3.63) is 11.2 Å². The van der Waals surface area contributed by atoms with Gasteiger partial charge in [-0.15, -0.1) is 0 Å². The molecule has 0 saturated carbocycles. The van der Waals surface area contributed by atoms with E-state index in [0.717, 1.165) is 5.57 Å². The molecule has 0 aliphatic carbocycles. The molecule has 0 N–H and O–H groups in total. The fourth-order valence-corrected chi connectivity index (χ4v) is 0.701. The summed E-state index contributed by atoms with van der Waals surface area (Å²) in [5, 5.41) is 0. The van der Waals surface area contributed by atoms with Crippen molar-refractivity contribution >= 4 is 29.4 Å². The van der Waals surface area contributed by atoms with E-state index in [9.17, 15) is 0 Å². The van der Waals surface area contributed by atoms with Crippen molar-refractivity contribution in [1.82, 2.24) is 4.81 Å². The van der Waals surface area contributed by atoms with Crippen molar-refractivity contribution in [2.24, 2.45) is 4.99 Å². The fraction of sp³-hybridized carbons (Fsp3) is 0.400. The summed E-state index contributed by atoms with van der Waals surface area (Å²) in [6.07, 6.45) is 0. The average molecular weight is 126 g/mol. The van der Waals surface area contributed by atoms with Crippen LogP contribution in [0.15, 0.2) is 16.2 Å². The molecular formula is C5H5B3N2. The molecule has 1 aliphatic heterocycles. The minimum atomic E-state index is 0.267. The van der Waals surface area contributed by atoms with Gasteiger partial charge in [-0.3, -0.25) is 4.99 Å². The molecule has 1 aliphatic rings. The molecule has 44 valence electrons. The number of amidine groups is 1. The summed E-state index contributed by atoms with van der Waals surface area (Å²) < 4.78 is 0. The molecule has 5 heteroatoms. The highest BCUT2D eigenvalue weighted by Gasteiger charge is 2.07. The lowest BCUT2D eigenvalue weighted by Gasteiger charge is -2.25. The summed E-state index contributed by atoms with van der Waals surface area (Å²) in [6.45, 7) is 2.42. The zero-order valence-electron chi connectivity index (χ0n) is 5.83. The number of aliphatic imine (C=N–C) groups is 1. The second-order valence-corrected chi connectivity index (χ2v) is 2.26. The van der Waals surface area contributed by atoms with Gasteiger partial charge in [-0.25, -0.2) is 0 Å². The number of nitrogens with zero attached hydrogens (tertiary/aromatic N) is 2. The van der Waals surface area contributed by atoms with Crippen LogP contribution in [0.1, 0.15) is 6.92 Å². The summed E-state index contributed by atoms with van der Waals surface area (Å²) in [6, 6.07) is 0. The Morgan fingerprint density at radius 1 is 1.50 bits per heavy atom. The standard InChI is InChI=1S/C5H5B3N2/c1-3-2-10(8)5(7)9-4(3)6/h2H2,1H3. The lowest BCUT2D eigenvalue weighted by Crippen LogP contribution is -2.33. The molecule has 0 unspecified atom stereocenters. The first-order valence-electron chi connectivity index (χ1n) is 2.93. The number of hydrogen-bond donors (Lipinski definition) is 0. The third kappa shape index (κ3) is 1.28. The Morgan fingerprint density at radius 2 is 2.10 bits per heavy atom. The molecular weight excluding hydrogens is 121 g/mol. The van der Waals surface area contributed by atoms with Gasteiger partial charge in [0.1, 0.15) is 7.85 Å². The molecule has 0 bridgehead atoms. The maximum Gasteiger partial charge on any atom is 0.227 e. The van der Waals surface area contributed by atoms with Crippen molar-refractivity contribution in [1.29, 1.82) is 0 Å². The van der Waals surface area contributed by atoms with Gasteiger partial charge in [0.25, 0.3) is 0 Å². The first-order chi connectivity index (χ1) is 4.61. The third-order valence-corrected chi connectivity index (χ3v) is 1.37. The molecule has 0 fully saturated rings. The van der Waals surface area contributed by atoms with Crippen LogP contribution in [0.25, 0.3) is 0 Å². The van der Waals surface area contributed by atoms with Crippen LogP contribution >= 0.6 is 0 Å². The van der Waals surface area contributed by atoms with Crippen molar-refractivity contribution in [2.75, 3.05) is 6.54 Å². The summed E-state index contributed by atoms with van der Waals surface area (Å²) in [4.78, 5) is 5.15. The van der Waals surface area contributed by atoms with Crippen LogP contribution in [-0.4, -0.2) is 40.8 Å². The Kier molecular flexibility index (Phi) is 1.93. The predicted octanol–water partition coefficient (Wildman–Crippen LogP) is -0.690. The molecule has 0 amide bonds. The molecule has 6 radical (unpaired) electrons. The molecule has 0 aromatic rings. The Bertz CT molecular complexity index is 209. The van der Waals surface area contributed by atoms with E-state index < -0.39 is 0 Å². The first-order valence-corrected chi connectivity index (χ1v) is 2.93. The van der Waals surface area contributed by atoms with E-state index in [4.69, 9.17) is 23.7 Å². The van der Waals surface area contributed by atoms with E-state index in [0.29, 0.717) is 12.1 Å². The third-order valence-electron chi connectivity index (χ3n) is 1.37. The van der Waals surface area contributed by atoms with Crippen LogP contribution in [0, 0.1) is 0 Å².